The first-order valence-electron chi connectivity index (χ1n) is 9.48. The topological polar surface area (TPSA) is 135 Å². The van der Waals surface area contributed by atoms with Gasteiger partial charge in [-0.25, -0.2) is 4.98 Å². The number of carboxylic acids is 2. The van der Waals surface area contributed by atoms with Gasteiger partial charge in [-0.1, -0.05) is 21.6 Å². The zero-order valence-corrected chi connectivity index (χ0v) is 19.9. The summed E-state index contributed by atoms with van der Waals surface area (Å²) in [6.45, 7) is 1.89. The smallest absolute Gasteiger partial charge is 0.468 e. The van der Waals surface area contributed by atoms with Crippen molar-refractivity contribution in [2.24, 2.45) is 0 Å². The molecule has 13 heteroatoms. The van der Waals surface area contributed by atoms with E-state index in [-0.39, 0.29) is 12.4 Å². The van der Waals surface area contributed by atoms with Crippen LogP contribution in [0.25, 0.3) is 11.0 Å². The molecule has 0 saturated heterocycles. The molecule has 1 aromatic carbocycles. The summed E-state index contributed by atoms with van der Waals surface area (Å²) >= 11 is 0. The first-order valence-corrected chi connectivity index (χ1v) is 11.9. The van der Waals surface area contributed by atoms with Crippen LogP contribution in [-0.4, -0.2) is 44.5 Å². The van der Waals surface area contributed by atoms with Gasteiger partial charge in [0, 0.05) is 18.2 Å². The third kappa shape index (κ3) is 5.23. The number of carboxylic acid groups (broad SMARTS) is 2. The molecule has 2 unspecified atom stereocenters. The van der Waals surface area contributed by atoms with Crippen molar-refractivity contribution in [3.05, 3.63) is 42.0 Å². The van der Waals surface area contributed by atoms with Crippen LogP contribution in [-0.2, 0) is 15.3 Å². The van der Waals surface area contributed by atoms with Crippen molar-refractivity contribution >= 4 is 44.6 Å². The Morgan fingerprint density at radius 1 is 1.30 bits per heavy atom. The third-order valence-electron chi connectivity index (χ3n) is 4.90. The summed E-state index contributed by atoms with van der Waals surface area (Å²) in [6.07, 6.45) is 2.14. The number of methoxy groups -OCH3 is 1. The predicted molar refractivity (Wildman–Crippen MR) is 117 cm³/mol. The number of aliphatic carboxylic acids is 2. The Labute approximate surface area is 202 Å². The lowest BCUT2D eigenvalue weighted by atomic mass is 10.2. The lowest BCUT2D eigenvalue weighted by molar-refractivity contribution is -0.788. The number of aromatic nitrogens is 3. The number of imidazole rings is 1. The number of ether oxygens (including phenoxy) is 3. The predicted octanol–water partition coefficient (Wildman–Crippen LogP) is -0.0918. The number of H-pyrrole nitrogens is 1. The van der Waals surface area contributed by atoms with E-state index in [4.69, 9.17) is 19.3 Å². The second-order valence-electron chi connectivity index (χ2n) is 6.91. The van der Waals surface area contributed by atoms with Crippen LogP contribution in [0.3, 0.4) is 0 Å². The number of fused-ring (bicyclic) bond motifs is 2. The van der Waals surface area contributed by atoms with E-state index in [1.165, 1.54) is 10.8 Å². The molecule has 3 aromatic rings. The maximum atomic E-state index is 11.4. The summed E-state index contributed by atoms with van der Waals surface area (Å²) in [5.41, 5.74) is 3.22. The van der Waals surface area contributed by atoms with Crippen molar-refractivity contribution in [2.75, 3.05) is 7.11 Å². The number of rotatable bonds is 9. The van der Waals surface area contributed by atoms with E-state index in [1.54, 1.807) is 36.3 Å². The molecule has 0 spiro atoms. The van der Waals surface area contributed by atoms with Gasteiger partial charge in [-0.05, 0) is 6.92 Å². The lowest BCUT2D eigenvalue weighted by Crippen LogP contribution is -3.00. The first-order chi connectivity index (χ1) is 15.4. The summed E-state index contributed by atoms with van der Waals surface area (Å²) < 4.78 is 19.3. The highest BCUT2D eigenvalue weighted by Gasteiger charge is 2.36. The van der Waals surface area contributed by atoms with E-state index in [0.29, 0.717) is 23.0 Å². The number of benzene rings is 1. The Balaban J connectivity index is 0.00000306. The SMILES string of the molecule is COc1cc[n+](C2Oc3cc4nc[nH]c4cc3O2)c(CSSC(CC(=O)O)C(=O)O)c1C.[Cl-]. The molecule has 2 atom stereocenters. The minimum atomic E-state index is -1.16. The van der Waals surface area contributed by atoms with Gasteiger partial charge in [0.25, 0.3) is 0 Å². The number of aromatic amines is 1. The average Bonchev–Trinajstić information content (AvgIpc) is 3.37. The number of nitrogens with one attached hydrogen (secondary N) is 1. The third-order valence-corrected chi connectivity index (χ3v) is 7.49. The molecule has 33 heavy (non-hydrogen) atoms. The molecule has 0 aliphatic carbocycles. The van der Waals surface area contributed by atoms with Crippen molar-refractivity contribution in [3.8, 4) is 17.2 Å². The fourth-order valence-corrected chi connectivity index (χ4v) is 5.76. The number of halogens is 1. The molecule has 3 heterocycles. The van der Waals surface area contributed by atoms with Crippen LogP contribution >= 0.6 is 21.6 Å². The molecule has 2 aromatic heterocycles. The standard InChI is InChI=1S/C20H19N3O7S2.ClH/c1-10-13(8-31-32-17(19(26)27)7-18(24)25)23(4-3-14(10)28-2)20-29-15-5-11-12(22-9-21-11)6-16(15)30-20;/h3-6,9,17,20H,7-8H2,1-2H3,(H2-,21,22,24,25,26,27);1H. The van der Waals surface area contributed by atoms with Gasteiger partial charge in [0.2, 0.25) is 5.69 Å². The monoisotopic (exact) mass is 513 g/mol. The average molecular weight is 514 g/mol. The molecule has 4 rings (SSSR count). The van der Waals surface area contributed by atoms with E-state index in [2.05, 4.69) is 9.97 Å². The van der Waals surface area contributed by atoms with E-state index < -0.39 is 30.0 Å². The molecule has 1 aliphatic rings. The zero-order valence-electron chi connectivity index (χ0n) is 17.5. The van der Waals surface area contributed by atoms with Crippen molar-refractivity contribution in [1.29, 1.82) is 0 Å². The second kappa shape index (κ2) is 10.4. The highest BCUT2D eigenvalue weighted by Crippen LogP contribution is 2.40. The number of hydrogen-bond acceptors (Lipinski definition) is 8. The number of hydrogen-bond donors (Lipinski definition) is 3. The summed E-state index contributed by atoms with van der Waals surface area (Å²) in [6, 6.07) is 5.41. The van der Waals surface area contributed by atoms with Crippen LogP contribution in [0.2, 0.25) is 0 Å². The van der Waals surface area contributed by atoms with Gasteiger partial charge < -0.3 is 41.8 Å². The molecule has 0 fully saturated rings. The maximum Gasteiger partial charge on any atom is 0.468 e. The molecule has 0 bridgehead atoms. The fourth-order valence-electron chi connectivity index (χ4n) is 3.28. The maximum absolute atomic E-state index is 11.4. The molecular weight excluding hydrogens is 494 g/mol. The summed E-state index contributed by atoms with van der Waals surface area (Å²) in [5, 5.41) is 17.2. The van der Waals surface area contributed by atoms with Crippen LogP contribution in [0.4, 0.5) is 0 Å². The van der Waals surface area contributed by atoms with Crippen LogP contribution in [0, 0.1) is 6.92 Å². The number of carbonyl (C=O) groups is 2. The molecule has 1 aliphatic heterocycles. The molecule has 0 radical (unpaired) electrons. The first kappa shape index (κ1) is 24.8. The molecule has 0 amide bonds. The van der Waals surface area contributed by atoms with Gasteiger partial charge in [-0.15, -0.1) is 4.57 Å². The highest BCUT2D eigenvalue weighted by atomic mass is 35.5. The molecule has 3 N–H and O–H groups in total. The van der Waals surface area contributed by atoms with Gasteiger partial charge in [0.1, 0.15) is 11.0 Å². The van der Waals surface area contributed by atoms with Gasteiger partial charge in [-0.2, -0.15) is 0 Å². The van der Waals surface area contributed by atoms with Crippen molar-refractivity contribution < 1.29 is 51.0 Å². The largest absolute Gasteiger partial charge is 1.00 e. The summed E-state index contributed by atoms with van der Waals surface area (Å²) in [7, 11) is 3.82. The number of pyridine rings is 1. The minimum Gasteiger partial charge on any atom is -1.00 e. The van der Waals surface area contributed by atoms with E-state index in [0.717, 1.165) is 33.1 Å². The van der Waals surface area contributed by atoms with Crippen LogP contribution in [0.5, 0.6) is 17.2 Å². The molecule has 0 saturated carbocycles. The Morgan fingerprint density at radius 3 is 2.70 bits per heavy atom. The van der Waals surface area contributed by atoms with E-state index in [9.17, 15) is 14.7 Å². The summed E-state index contributed by atoms with van der Waals surface area (Å²) in [5.74, 6) is -0.144. The Morgan fingerprint density at radius 2 is 2.03 bits per heavy atom. The lowest BCUT2D eigenvalue weighted by Gasteiger charge is -2.14. The Bertz CT molecular complexity index is 1150. The quantitative estimate of drug-likeness (QED) is 0.263. The van der Waals surface area contributed by atoms with Gasteiger partial charge >= 0.3 is 18.4 Å². The zero-order chi connectivity index (χ0) is 22.8. The Hall–Kier alpha value is -2.83. The van der Waals surface area contributed by atoms with Crippen molar-refractivity contribution in [1.82, 2.24) is 9.97 Å². The molecule has 176 valence electrons. The fraction of sp³-hybridized carbons (Fsp3) is 0.300. The van der Waals surface area contributed by atoms with E-state index >= 15 is 0 Å². The second-order valence-corrected chi connectivity index (χ2v) is 9.48. The summed E-state index contributed by atoms with van der Waals surface area (Å²) in [4.78, 5) is 29.6. The van der Waals surface area contributed by atoms with Crippen molar-refractivity contribution in [2.45, 2.75) is 30.8 Å². The van der Waals surface area contributed by atoms with Crippen molar-refractivity contribution in [3.63, 3.8) is 0 Å². The van der Waals surface area contributed by atoms with Gasteiger partial charge in [-0.3, -0.25) is 9.59 Å². The molecular formula is C20H20ClN3O7S2. The Kier molecular flexibility index (Phi) is 7.82. The van der Waals surface area contributed by atoms with Gasteiger partial charge in [0.15, 0.2) is 17.7 Å². The highest BCUT2D eigenvalue weighted by molar-refractivity contribution is 8.76. The normalized spacial score (nSPS) is 13.5. The molecule has 10 nitrogen and oxygen atoms in total. The number of nitrogens with zero attached hydrogens (tertiary/aromatic N) is 2. The van der Waals surface area contributed by atoms with Crippen LogP contribution in [0.1, 0.15) is 24.1 Å². The van der Waals surface area contributed by atoms with Crippen LogP contribution in [0.15, 0.2) is 30.7 Å². The van der Waals surface area contributed by atoms with Crippen LogP contribution < -0.4 is 31.2 Å². The minimum absolute atomic E-state index is 0. The van der Waals surface area contributed by atoms with Gasteiger partial charge in [0.05, 0.1) is 42.2 Å². The van der Waals surface area contributed by atoms with E-state index in [1.807, 2.05) is 13.0 Å².